The molecule has 0 spiro atoms. The van der Waals surface area contributed by atoms with Crippen LogP contribution in [0.3, 0.4) is 0 Å². The third kappa shape index (κ3) is 5.83. The van der Waals surface area contributed by atoms with Gasteiger partial charge < -0.3 is 15.2 Å². The highest BCUT2D eigenvalue weighted by Gasteiger charge is 2.15. The van der Waals surface area contributed by atoms with Crippen LogP contribution in [-0.2, 0) is 13.0 Å². The summed E-state index contributed by atoms with van der Waals surface area (Å²) >= 11 is 6.24. The number of rotatable bonds is 9. The lowest BCUT2D eigenvalue weighted by Crippen LogP contribution is -2.32. The third-order valence-electron chi connectivity index (χ3n) is 4.66. The van der Waals surface area contributed by atoms with Gasteiger partial charge in [-0.2, -0.15) is 0 Å². The Labute approximate surface area is 171 Å². The van der Waals surface area contributed by atoms with Crippen LogP contribution in [-0.4, -0.2) is 17.7 Å². The second-order valence-electron chi connectivity index (χ2n) is 6.93. The van der Waals surface area contributed by atoms with Crippen molar-refractivity contribution in [3.63, 3.8) is 0 Å². The van der Waals surface area contributed by atoms with E-state index in [0.717, 1.165) is 28.1 Å². The van der Waals surface area contributed by atoms with Crippen molar-refractivity contribution in [2.24, 2.45) is 0 Å². The van der Waals surface area contributed by atoms with Crippen molar-refractivity contribution in [1.29, 1.82) is 0 Å². The van der Waals surface area contributed by atoms with Gasteiger partial charge in [-0.3, -0.25) is 0 Å². The molecule has 28 heavy (non-hydrogen) atoms. The molecule has 0 heterocycles. The fourth-order valence-electron chi connectivity index (χ4n) is 3.11. The predicted octanol–water partition coefficient (Wildman–Crippen LogP) is 5.17. The number of aliphatic hydroxyl groups excluding tert-OH is 1. The zero-order valence-corrected chi connectivity index (χ0v) is 16.8. The highest BCUT2D eigenvalue weighted by Crippen LogP contribution is 2.26. The normalized spacial score (nSPS) is 13.1. The smallest absolute Gasteiger partial charge is 0.125 e. The Morgan fingerprint density at radius 1 is 0.929 bits per heavy atom. The van der Waals surface area contributed by atoms with Crippen LogP contribution in [0.4, 0.5) is 0 Å². The van der Waals surface area contributed by atoms with Gasteiger partial charge in [0.1, 0.15) is 12.4 Å². The molecule has 0 aliphatic rings. The van der Waals surface area contributed by atoms with E-state index in [1.807, 2.05) is 78.9 Å². The number of benzene rings is 3. The van der Waals surface area contributed by atoms with E-state index in [4.69, 9.17) is 16.3 Å². The van der Waals surface area contributed by atoms with Crippen LogP contribution < -0.4 is 10.1 Å². The highest BCUT2D eigenvalue weighted by atomic mass is 35.5. The van der Waals surface area contributed by atoms with E-state index in [1.54, 1.807) is 0 Å². The van der Waals surface area contributed by atoms with Crippen LogP contribution in [0.1, 0.15) is 29.7 Å². The SMILES string of the molecule is C[C@H](Cc1ccccc1Cl)NC[C@H](O)c1ccccc1OCc1ccccc1. The van der Waals surface area contributed by atoms with Gasteiger partial charge in [-0.05, 0) is 36.6 Å². The number of ether oxygens (including phenoxy) is 1. The number of halogens is 1. The van der Waals surface area contributed by atoms with Crippen LogP contribution in [0.15, 0.2) is 78.9 Å². The maximum atomic E-state index is 10.7. The van der Waals surface area contributed by atoms with Crippen molar-refractivity contribution in [1.82, 2.24) is 5.32 Å². The lowest BCUT2D eigenvalue weighted by Gasteiger charge is -2.20. The van der Waals surface area contributed by atoms with Crippen LogP contribution in [0.5, 0.6) is 5.75 Å². The molecule has 3 aromatic carbocycles. The molecule has 0 saturated carbocycles. The van der Waals surface area contributed by atoms with E-state index in [1.165, 1.54) is 0 Å². The molecule has 0 bridgehead atoms. The number of hydrogen-bond donors (Lipinski definition) is 2. The Balaban J connectivity index is 1.56. The molecule has 3 aromatic rings. The molecular weight excluding hydrogens is 370 g/mol. The van der Waals surface area contributed by atoms with Gasteiger partial charge >= 0.3 is 0 Å². The Bertz CT molecular complexity index is 869. The quantitative estimate of drug-likeness (QED) is 0.525. The third-order valence-corrected chi connectivity index (χ3v) is 5.03. The summed E-state index contributed by atoms with van der Waals surface area (Å²) in [4.78, 5) is 0. The molecule has 0 radical (unpaired) electrons. The minimum absolute atomic E-state index is 0.187. The van der Waals surface area contributed by atoms with Gasteiger partial charge in [0.15, 0.2) is 0 Å². The monoisotopic (exact) mass is 395 g/mol. The zero-order chi connectivity index (χ0) is 19.8. The van der Waals surface area contributed by atoms with Crippen molar-refractivity contribution >= 4 is 11.6 Å². The molecular formula is C24H26ClNO2. The Morgan fingerprint density at radius 2 is 1.61 bits per heavy atom. The first-order chi connectivity index (χ1) is 13.6. The largest absolute Gasteiger partial charge is 0.489 e. The summed E-state index contributed by atoms with van der Waals surface area (Å²) in [5, 5.41) is 14.9. The van der Waals surface area contributed by atoms with Gasteiger partial charge in [0.25, 0.3) is 0 Å². The van der Waals surface area contributed by atoms with Crippen LogP contribution in [0, 0.1) is 0 Å². The lowest BCUT2D eigenvalue weighted by molar-refractivity contribution is 0.163. The van der Waals surface area contributed by atoms with Crippen molar-refractivity contribution in [2.45, 2.75) is 32.1 Å². The molecule has 0 aliphatic carbocycles. The van der Waals surface area contributed by atoms with E-state index in [-0.39, 0.29) is 6.04 Å². The van der Waals surface area contributed by atoms with Gasteiger partial charge in [0.2, 0.25) is 0 Å². The van der Waals surface area contributed by atoms with Crippen LogP contribution in [0.2, 0.25) is 5.02 Å². The topological polar surface area (TPSA) is 41.5 Å². The Kier molecular flexibility index (Phi) is 7.49. The Hall–Kier alpha value is -2.33. The predicted molar refractivity (Wildman–Crippen MR) is 115 cm³/mol. The van der Waals surface area contributed by atoms with Crippen molar-refractivity contribution in [2.75, 3.05) is 6.54 Å². The van der Waals surface area contributed by atoms with Gasteiger partial charge in [0.05, 0.1) is 6.10 Å². The lowest BCUT2D eigenvalue weighted by atomic mass is 10.1. The fourth-order valence-corrected chi connectivity index (χ4v) is 3.32. The average Bonchev–Trinajstić information content (AvgIpc) is 2.73. The summed E-state index contributed by atoms with van der Waals surface area (Å²) < 4.78 is 5.96. The number of nitrogens with one attached hydrogen (secondary N) is 1. The van der Waals surface area contributed by atoms with Crippen molar-refractivity contribution in [3.05, 3.63) is 101 Å². The summed E-state index contributed by atoms with van der Waals surface area (Å²) in [5.74, 6) is 0.708. The molecule has 0 saturated heterocycles. The molecule has 0 fully saturated rings. The molecule has 0 aromatic heterocycles. The molecule has 3 nitrogen and oxygen atoms in total. The summed E-state index contributed by atoms with van der Waals surface area (Å²) in [6, 6.07) is 25.7. The van der Waals surface area contributed by atoms with E-state index in [2.05, 4.69) is 12.2 Å². The maximum Gasteiger partial charge on any atom is 0.125 e. The first-order valence-corrected chi connectivity index (χ1v) is 9.92. The molecule has 2 N–H and O–H groups in total. The molecule has 146 valence electrons. The van der Waals surface area contributed by atoms with E-state index in [9.17, 15) is 5.11 Å². The molecule has 4 heteroatoms. The second-order valence-corrected chi connectivity index (χ2v) is 7.34. The summed E-state index contributed by atoms with van der Waals surface area (Å²) in [6.07, 6.45) is 0.152. The zero-order valence-electron chi connectivity index (χ0n) is 16.0. The van der Waals surface area contributed by atoms with E-state index in [0.29, 0.717) is 18.9 Å². The Morgan fingerprint density at radius 3 is 2.39 bits per heavy atom. The minimum atomic E-state index is -0.652. The number of aliphatic hydroxyl groups is 1. The molecule has 0 aliphatic heterocycles. The molecule has 2 atom stereocenters. The average molecular weight is 396 g/mol. The van der Waals surface area contributed by atoms with E-state index < -0.39 is 6.10 Å². The maximum absolute atomic E-state index is 10.7. The molecule has 0 unspecified atom stereocenters. The minimum Gasteiger partial charge on any atom is -0.489 e. The molecule has 3 rings (SSSR count). The van der Waals surface area contributed by atoms with Crippen molar-refractivity contribution in [3.8, 4) is 5.75 Å². The highest BCUT2D eigenvalue weighted by molar-refractivity contribution is 6.31. The van der Waals surface area contributed by atoms with Crippen molar-refractivity contribution < 1.29 is 9.84 Å². The fraction of sp³-hybridized carbons (Fsp3) is 0.250. The summed E-state index contributed by atoms with van der Waals surface area (Å²) in [7, 11) is 0. The number of para-hydroxylation sites is 1. The van der Waals surface area contributed by atoms with Gasteiger partial charge in [-0.15, -0.1) is 0 Å². The van der Waals surface area contributed by atoms with Crippen LogP contribution in [0.25, 0.3) is 0 Å². The summed E-state index contributed by atoms with van der Waals surface area (Å²) in [5.41, 5.74) is 2.99. The van der Waals surface area contributed by atoms with Gasteiger partial charge in [-0.25, -0.2) is 0 Å². The van der Waals surface area contributed by atoms with Gasteiger partial charge in [-0.1, -0.05) is 78.3 Å². The second kappa shape index (κ2) is 10.3. The molecule has 0 amide bonds. The number of hydrogen-bond acceptors (Lipinski definition) is 3. The van der Waals surface area contributed by atoms with Gasteiger partial charge in [0, 0.05) is 23.2 Å². The summed E-state index contributed by atoms with van der Waals surface area (Å²) in [6.45, 7) is 3.01. The van der Waals surface area contributed by atoms with Crippen LogP contribution >= 0.6 is 11.6 Å². The standard InChI is InChI=1S/C24H26ClNO2/c1-18(15-20-11-5-7-13-22(20)25)26-16-23(27)21-12-6-8-14-24(21)28-17-19-9-3-2-4-10-19/h2-14,18,23,26-27H,15-17H2,1H3/t18-,23+/m1/s1. The first kappa shape index (κ1) is 20.4. The first-order valence-electron chi connectivity index (χ1n) is 9.54. The van der Waals surface area contributed by atoms with E-state index >= 15 is 0 Å².